The molecule has 1 aromatic heterocycles. The summed E-state index contributed by atoms with van der Waals surface area (Å²) in [5.41, 5.74) is 0.447. The molecule has 0 amide bonds. The van der Waals surface area contributed by atoms with Crippen LogP contribution in [0.1, 0.15) is 36.0 Å². The lowest BCUT2D eigenvalue weighted by atomic mass is 9.93. The first-order chi connectivity index (χ1) is 7.65. The third kappa shape index (κ3) is 2.70. The van der Waals surface area contributed by atoms with Crippen LogP contribution < -0.4 is 0 Å². The van der Waals surface area contributed by atoms with Crippen molar-refractivity contribution >= 4 is 5.78 Å². The van der Waals surface area contributed by atoms with Crippen molar-refractivity contribution in [3.05, 3.63) is 17.5 Å². The Morgan fingerprint density at radius 2 is 2.25 bits per heavy atom. The van der Waals surface area contributed by atoms with E-state index in [0.29, 0.717) is 11.6 Å². The molecule has 0 aliphatic carbocycles. The van der Waals surface area contributed by atoms with Crippen molar-refractivity contribution in [2.45, 2.75) is 26.2 Å². The zero-order valence-electron chi connectivity index (χ0n) is 9.90. The van der Waals surface area contributed by atoms with Crippen LogP contribution >= 0.6 is 0 Å². The summed E-state index contributed by atoms with van der Waals surface area (Å²) < 4.78 is 5.17. The summed E-state index contributed by atoms with van der Waals surface area (Å²) in [6.45, 7) is 3.81. The zero-order chi connectivity index (χ0) is 11.5. The highest BCUT2D eigenvalue weighted by Crippen LogP contribution is 2.21. The van der Waals surface area contributed by atoms with Gasteiger partial charge >= 0.3 is 0 Å². The van der Waals surface area contributed by atoms with Crippen molar-refractivity contribution in [1.82, 2.24) is 10.1 Å². The predicted octanol–water partition coefficient (Wildman–Crippen LogP) is 1.76. The Bertz CT molecular complexity index is 365. The van der Waals surface area contributed by atoms with Gasteiger partial charge in [0.1, 0.15) is 11.5 Å². The Morgan fingerprint density at radius 1 is 1.56 bits per heavy atom. The molecule has 0 aromatic carbocycles. The average Bonchev–Trinajstić information content (AvgIpc) is 2.70. The van der Waals surface area contributed by atoms with Gasteiger partial charge in [0.25, 0.3) is 0 Å². The van der Waals surface area contributed by atoms with E-state index in [9.17, 15) is 4.79 Å². The highest BCUT2D eigenvalue weighted by Gasteiger charge is 2.19. The van der Waals surface area contributed by atoms with E-state index in [-0.39, 0.29) is 5.78 Å². The maximum atomic E-state index is 11.1. The first-order valence-corrected chi connectivity index (χ1v) is 5.80. The van der Waals surface area contributed by atoms with Crippen LogP contribution in [-0.2, 0) is 6.42 Å². The van der Waals surface area contributed by atoms with Crippen LogP contribution in [0.25, 0.3) is 0 Å². The Kier molecular flexibility index (Phi) is 3.39. The quantitative estimate of drug-likeness (QED) is 0.731. The first kappa shape index (κ1) is 11.3. The van der Waals surface area contributed by atoms with E-state index in [1.54, 1.807) is 6.07 Å². The number of hydrogen-bond acceptors (Lipinski definition) is 4. The molecule has 2 rings (SSSR count). The summed E-state index contributed by atoms with van der Waals surface area (Å²) in [5, 5.41) is 3.76. The number of likely N-dealkylation sites (tertiary alicyclic amines) is 1. The number of hydrogen-bond donors (Lipinski definition) is 0. The third-order valence-corrected chi connectivity index (χ3v) is 3.25. The molecule has 0 spiro atoms. The fourth-order valence-electron chi connectivity index (χ4n) is 2.13. The maximum Gasteiger partial charge on any atom is 0.181 e. The van der Waals surface area contributed by atoms with Crippen molar-refractivity contribution in [3.63, 3.8) is 0 Å². The van der Waals surface area contributed by atoms with Crippen LogP contribution in [0.5, 0.6) is 0 Å². The minimum atomic E-state index is -0.0293. The summed E-state index contributed by atoms with van der Waals surface area (Å²) in [6.07, 6.45) is 3.31. The molecule has 1 fully saturated rings. The second kappa shape index (κ2) is 4.78. The lowest BCUT2D eigenvalue weighted by Crippen LogP contribution is -2.30. The Labute approximate surface area is 95.6 Å². The van der Waals surface area contributed by atoms with Gasteiger partial charge in [-0.2, -0.15) is 0 Å². The molecule has 0 bridgehead atoms. The molecular formula is C12H18N2O2. The van der Waals surface area contributed by atoms with Crippen LogP contribution in [0.4, 0.5) is 0 Å². The normalized spacial score (nSPS) is 18.9. The molecule has 4 nitrogen and oxygen atoms in total. The van der Waals surface area contributed by atoms with Crippen LogP contribution in [-0.4, -0.2) is 36.0 Å². The fraction of sp³-hybridized carbons (Fsp3) is 0.667. The molecule has 0 unspecified atom stereocenters. The smallest absolute Gasteiger partial charge is 0.181 e. The van der Waals surface area contributed by atoms with Gasteiger partial charge in [-0.05, 0) is 38.9 Å². The van der Waals surface area contributed by atoms with E-state index >= 15 is 0 Å². The monoisotopic (exact) mass is 222 g/mol. The van der Waals surface area contributed by atoms with Gasteiger partial charge in [-0.25, -0.2) is 0 Å². The molecule has 4 heteroatoms. The number of aromatic nitrogens is 1. The maximum absolute atomic E-state index is 11.1. The molecule has 88 valence electrons. The van der Waals surface area contributed by atoms with Gasteiger partial charge in [0.15, 0.2) is 5.78 Å². The molecule has 1 aromatic rings. The second-order valence-corrected chi connectivity index (χ2v) is 4.69. The number of ketones is 1. The van der Waals surface area contributed by atoms with Gasteiger partial charge < -0.3 is 9.42 Å². The van der Waals surface area contributed by atoms with Gasteiger partial charge in [0.2, 0.25) is 0 Å². The highest BCUT2D eigenvalue weighted by atomic mass is 16.5. The molecule has 0 radical (unpaired) electrons. The van der Waals surface area contributed by atoms with E-state index in [1.807, 2.05) is 0 Å². The average molecular weight is 222 g/mol. The standard InChI is InChI=1S/C12H18N2O2/c1-9(15)12-8-11(16-13-12)7-10-3-5-14(2)6-4-10/h8,10H,3-7H2,1-2H3. The summed E-state index contributed by atoms with van der Waals surface area (Å²) in [4.78, 5) is 13.4. The minimum Gasteiger partial charge on any atom is -0.361 e. The van der Waals surface area contributed by atoms with Crippen LogP contribution in [0.15, 0.2) is 10.6 Å². The number of nitrogens with zero attached hydrogens (tertiary/aromatic N) is 2. The van der Waals surface area contributed by atoms with Gasteiger partial charge in [-0.15, -0.1) is 0 Å². The molecule has 1 aliphatic heterocycles. The van der Waals surface area contributed by atoms with Gasteiger partial charge in [0, 0.05) is 19.4 Å². The molecular weight excluding hydrogens is 204 g/mol. The largest absolute Gasteiger partial charge is 0.361 e. The van der Waals surface area contributed by atoms with E-state index in [1.165, 1.54) is 19.8 Å². The molecule has 1 aliphatic rings. The van der Waals surface area contributed by atoms with E-state index in [2.05, 4.69) is 17.1 Å². The van der Waals surface area contributed by atoms with Crippen molar-refractivity contribution in [2.24, 2.45) is 5.92 Å². The summed E-state index contributed by atoms with van der Waals surface area (Å²) >= 11 is 0. The lowest BCUT2D eigenvalue weighted by molar-refractivity contribution is 0.100. The SMILES string of the molecule is CC(=O)c1cc(CC2CCN(C)CC2)on1. The number of carbonyl (C=O) groups is 1. The van der Waals surface area contributed by atoms with Crippen molar-refractivity contribution in [1.29, 1.82) is 0 Å². The highest BCUT2D eigenvalue weighted by molar-refractivity contribution is 5.91. The molecule has 1 saturated heterocycles. The Balaban J connectivity index is 1.91. The number of Topliss-reactive ketones (excluding diaryl/α,β-unsaturated/α-hetero) is 1. The molecule has 0 N–H and O–H groups in total. The van der Waals surface area contributed by atoms with Gasteiger partial charge in [-0.1, -0.05) is 5.16 Å². The predicted molar refractivity (Wildman–Crippen MR) is 60.4 cm³/mol. The number of piperidine rings is 1. The van der Waals surface area contributed by atoms with Crippen molar-refractivity contribution in [2.75, 3.05) is 20.1 Å². The van der Waals surface area contributed by atoms with Crippen molar-refractivity contribution < 1.29 is 9.32 Å². The van der Waals surface area contributed by atoms with Gasteiger partial charge in [0.05, 0.1) is 0 Å². The Hall–Kier alpha value is -1.16. The number of rotatable bonds is 3. The van der Waals surface area contributed by atoms with Gasteiger partial charge in [-0.3, -0.25) is 4.79 Å². The second-order valence-electron chi connectivity index (χ2n) is 4.69. The van der Waals surface area contributed by atoms with Crippen molar-refractivity contribution in [3.8, 4) is 0 Å². The van der Waals surface area contributed by atoms with Crippen LogP contribution in [0.3, 0.4) is 0 Å². The molecule has 0 atom stereocenters. The minimum absolute atomic E-state index is 0.0293. The number of carbonyl (C=O) groups excluding carboxylic acids is 1. The summed E-state index contributed by atoms with van der Waals surface area (Å²) in [6, 6.07) is 1.78. The van der Waals surface area contributed by atoms with E-state index < -0.39 is 0 Å². The van der Waals surface area contributed by atoms with Crippen LogP contribution in [0.2, 0.25) is 0 Å². The third-order valence-electron chi connectivity index (χ3n) is 3.25. The summed E-state index contributed by atoms with van der Waals surface area (Å²) in [5.74, 6) is 1.49. The Morgan fingerprint density at radius 3 is 2.81 bits per heavy atom. The molecule has 16 heavy (non-hydrogen) atoms. The fourth-order valence-corrected chi connectivity index (χ4v) is 2.13. The van der Waals surface area contributed by atoms with E-state index in [4.69, 9.17) is 4.52 Å². The van der Waals surface area contributed by atoms with Crippen LogP contribution in [0, 0.1) is 5.92 Å². The first-order valence-electron chi connectivity index (χ1n) is 5.80. The molecule has 2 heterocycles. The topological polar surface area (TPSA) is 46.3 Å². The molecule has 0 saturated carbocycles. The van der Waals surface area contributed by atoms with E-state index in [0.717, 1.165) is 25.3 Å². The zero-order valence-corrected chi connectivity index (χ0v) is 9.90. The summed E-state index contributed by atoms with van der Waals surface area (Å²) in [7, 11) is 2.15. The lowest BCUT2D eigenvalue weighted by Gasteiger charge is -2.28.